The molecule has 0 unspecified atom stereocenters. The minimum Gasteiger partial charge on any atom is -0.381 e. The van der Waals surface area contributed by atoms with Gasteiger partial charge in [-0.1, -0.05) is 26.2 Å². The zero-order valence-electron chi connectivity index (χ0n) is 7.42. The van der Waals surface area contributed by atoms with Gasteiger partial charge in [-0.05, 0) is 19.4 Å². The van der Waals surface area contributed by atoms with Gasteiger partial charge in [-0.15, -0.1) is 0 Å². The minimum atomic E-state index is 0.237. The maximum atomic E-state index is 9.00. The molecule has 66 valence electrons. The lowest BCUT2D eigenvalue weighted by Crippen LogP contribution is -2.37. The summed E-state index contributed by atoms with van der Waals surface area (Å²) < 4.78 is 0. The lowest BCUT2D eigenvalue weighted by atomic mass is 9.94. The van der Waals surface area contributed by atoms with Gasteiger partial charge >= 0.3 is 0 Å². The van der Waals surface area contributed by atoms with E-state index >= 15 is 0 Å². The molecule has 0 spiro atoms. The minimum absolute atomic E-state index is 0.237. The Bertz CT molecular complexity index is 95.7. The van der Waals surface area contributed by atoms with Crippen molar-refractivity contribution in [2.45, 2.75) is 45.1 Å². The highest BCUT2D eigenvalue weighted by Crippen LogP contribution is 2.21. The van der Waals surface area contributed by atoms with Gasteiger partial charge in [0.15, 0.2) is 0 Å². The Morgan fingerprint density at radius 3 is 2.36 bits per heavy atom. The third-order valence-electron chi connectivity index (χ3n) is 2.68. The lowest BCUT2D eigenvalue weighted by Gasteiger charge is -2.31. The summed E-state index contributed by atoms with van der Waals surface area (Å²) in [7, 11) is 0. The molecule has 1 aliphatic carbocycles. The molecular formula is C9H19NO. The Hall–Kier alpha value is -0.0800. The van der Waals surface area contributed by atoms with E-state index in [1.807, 2.05) is 0 Å². The molecule has 0 aromatic heterocycles. The van der Waals surface area contributed by atoms with Crippen LogP contribution < -0.4 is 0 Å². The molecule has 2 heteroatoms. The number of nitrogens with zero attached hydrogens (tertiary/aromatic N) is 1. The van der Waals surface area contributed by atoms with Gasteiger partial charge in [0.2, 0.25) is 0 Å². The molecule has 0 amide bonds. The summed E-state index contributed by atoms with van der Waals surface area (Å²) in [6, 6.07) is 0.666. The van der Waals surface area contributed by atoms with Gasteiger partial charge < -0.3 is 5.11 Å². The van der Waals surface area contributed by atoms with Crippen molar-refractivity contribution in [3.8, 4) is 0 Å². The van der Waals surface area contributed by atoms with Crippen LogP contribution in [-0.2, 0) is 0 Å². The number of aliphatic hydroxyl groups excluding tert-OH is 1. The molecule has 1 saturated carbocycles. The van der Waals surface area contributed by atoms with Gasteiger partial charge in [0.05, 0.1) is 6.73 Å². The first kappa shape index (κ1) is 9.01. The average molecular weight is 157 g/mol. The maximum absolute atomic E-state index is 9.00. The summed E-state index contributed by atoms with van der Waals surface area (Å²) >= 11 is 0. The van der Waals surface area contributed by atoms with Crippen LogP contribution in [0.4, 0.5) is 0 Å². The lowest BCUT2D eigenvalue weighted by molar-refractivity contribution is 0.0564. The van der Waals surface area contributed by atoms with Crippen LogP contribution in [0.5, 0.6) is 0 Å². The van der Waals surface area contributed by atoms with E-state index in [2.05, 4.69) is 11.8 Å². The Morgan fingerprint density at radius 1 is 1.27 bits per heavy atom. The van der Waals surface area contributed by atoms with E-state index in [4.69, 9.17) is 5.11 Å². The molecule has 0 saturated heterocycles. The zero-order valence-corrected chi connectivity index (χ0v) is 7.42. The maximum Gasteiger partial charge on any atom is 0.0958 e. The first-order valence-electron chi connectivity index (χ1n) is 4.73. The standard InChI is InChI=1S/C9H19NO/c1-2-10(8-11)9-6-4-3-5-7-9/h9,11H,2-8H2,1H3. The fraction of sp³-hybridized carbons (Fsp3) is 1.00. The van der Waals surface area contributed by atoms with Crippen molar-refractivity contribution in [2.75, 3.05) is 13.3 Å². The molecule has 0 aliphatic heterocycles. The van der Waals surface area contributed by atoms with E-state index in [-0.39, 0.29) is 6.73 Å². The molecule has 0 bridgehead atoms. The third kappa shape index (κ3) is 2.46. The van der Waals surface area contributed by atoms with Crippen LogP contribution in [0.25, 0.3) is 0 Å². The van der Waals surface area contributed by atoms with Crippen molar-refractivity contribution in [1.29, 1.82) is 0 Å². The average Bonchev–Trinajstić information content (AvgIpc) is 2.09. The van der Waals surface area contributed by atoms with Crippen LogP contribution in [0.1, 0.15) is 39.0 Å². The largest absolute Gasteiger partial charge is 0.381 e. The van der Waals surface area contributed by atoms with Crippen LogP contribution in [-0.4, -0.2) is 29.3 Å². The molecule has 0 aromatic carbocycles. The first-order chi connectivity index (χ1) is 5.38. The van der Waals surface area contributed by atoms with Crippen molar-refractivity contribution < 1.29 is 5.11 Å². The second-order valence-corrected chi connectivity index (χ2v) is 3.34. The molecule has 1 N–H and O–H groups in total. The van der Waals surface area contributed by atoms with Crippen molar-refractivity contribution in [2.24, 2.45) is 0 Å². The normalized spacial score (nSPS) is 21.0. The molecule has 1 aliphatic rings. The zero-order chi connectivity index (χ0) is 8.10. The van der Waals surface area contributed by atoms with E-state index in [0.29, 0.717) is 6.04 Å². The van der Waals surface area contributed by atoms with Crippen molar-refractivity contribution >= 4 is 0 Å². The third-order valence-corrected chi connectivity index (χ3v) is 2.68. The van der Waals surface area contributed by atoms with Gasteiger partial charge in [0.1, 0.15) is 0 Å². The number of aliphatic hydroxyl groups is 1. The molecule has 11 heavy (non-hydrogen) atoms. The molecule has 0 radical (unpaired) electrons. The van der Waals surface area contributed by atoms with Gasteiger partial charge in [-0.2, -0.15) is 0 Å². The summed E-state index contributed by atoms with van der Waals surface area (Å²) in [6.45, 7) is 3.34. The van der Waals surface area contributed by atoms with Crippen molar-refractivity contribution in [3.05, 3.63) is 0 Å². The van der Waals surface area contributed by atoms with Gasteiger partial charge in [-0.3, -0.25) is 4.90 Å². The van der Waals surface area contributed by atoms with E-state index < -0.39 is 0 Å². The van der Waals surface area contributed by atoms with Gasteiger partial charge in [0, 0.05) is 6.04 Å². The number of hydrogen-bond acceptors (Lipinski definition) is 2. The topological polar surface area (TPSA) is 23.5 Å². The summed E-state index contributed by atoms with van der Waals surface area (Å²) in [5, 5.41) is 9.00. The van der Waals surface area contributed by atoms with Crippen LogP contribution >= 0.6 is 0 Å². The monoisotopic (exact) mass is 157 g/mol. The molecule has 0 aromatic rings. The Morgan fingerprint density at radius 2 is 1.91 bits per heavy atom. The predicted octanol–water partition coefficient (Wildman–Crippen LogP) is 1.59. The van der Waals surface area contributed by atoms with Gasteiger partial charge in [-0.25, -0.2) is 0 Å². The van der Waals surface area contributed by atoms with Crippen LogP contribution in [0, 0.1) is 0 Å². The van der Waals surface area contributed by atoms with E-state index in [1.54, 1.807) is 0 Å². The van der Waals surface area contributed by atoms with E-state index in [1.165, 1.54) is 32.1 Å². The van der Waals surface area contributed by atoms with E-state index in [0.717, 1.165) is 6.54 Å². The summed E-state index contributed by atoms with van der Waals surface area (Å²) in [5.41, 5.74) is 0. The van der Waals surface area contributed by atoms with Crippen LogP contribution in [0.15, 0.2) is 0 Å². The van der Waals surface area contributed by atoms with Crippen LogP contribution in [0.2, 0.25) is 0 Å². The SMILES string of the molecule is CCN(CO)C1CCCCC1. The summed E-state index contributed by atoms with van der Waals surface area (Å²) in [6.07, 6.45) is 6.66. The Balaban J connectivity index is 2.30. The first-order valence-corrected chi connectivity index (χ1v) is 4.73. The number of rotatable bonds is 3. The Labute approximate surface area is 69.2 Å². The Kier molecular flexibility index (Phi) is 3.87. The second-order valence-electron chi connectivity index (χ2n) is 3.34. The van der Waals surface area contributed by atoms with Crippen LogP contribution in [0.3, 0.4) is 0 Å². The summed E-state index contributed by atoms with van der Waals surface area (Å²) in [5.74, 6) is 0. The molecule has 1 rings (SSSR count). The highest BCUT2D eigenvalue weighted by molar-refractivity contribution is 4.72. The van der Waals surface area contributed by atoms with E-state index in [9.17, 15) is 0 Å². The fourth-order valence-corrected chi connectivity index (χ4v) is 1.92. The second kappa shape index (κ2) is 4.73. The highest BCUT2D eigenvalue weighted by atomic mass is 16.3. The molecule has 1 fully saturated rings. The molecule has 0 heterocycles. The van der Waals surface area contributed by atoms with Gasteiger partial charge in [0.25, 0.3) is 0 Å². The molecular weight excluding hydrogens is 138 g/mol. The molecule has 0 atom stereocenters. The quantitative estimate of drug-likeness (QED) is 0.629. The predicted molar refractivity (Wildman–Crippen MR) is 46.3 cm³/mol. The summed E-state index contributed by atoms with van der Waals surface area (Å²) in [4.78, 5) is 2.17. The van der Waals surface area contributed by atoms with Crippen molar-refractivity contribution in [3.63, 3.8) is 0 Å². The number of hydrogen-bond donors (Lipinski definition) is 1. The highest BCUT2D eigenvalue weighted by Gasteiger charge is 2.18. The smallest absolute Gasteiger partial charge is 0.0958 e. The fourth-order valence-electron chi connectivity index (χ4n) is 1.92. The van der Waals surface area contributed by atoms with Crippen molar-refractivity contribution in [1.82, 2.24) is 4.90 Å². The molecule has 2 nitrogen and oxygen atoms in total.